The zero-order valence-corrected chi connectivity index (χ0v) is 22.1. The molecule has 0 aliphatic heterocycles. The van der Waals surface area contributed by atoms with Gasteiger partial charge in [-0.25, -0.2) is 0 Å². The lowest BCUT2D eigenvalue weighted by Crippen LogP contribution is -2.30. The van der Waals surface area contributed by atoms with Crippen molar-refractivity contribution in [1.29, 1.82) is 0 Å². The number of hydrogen-bond donors (Lipinski definition) is 2. The van der Waals surface area contributed by atoms with Crippen molar-refractivity contribution >= 4 is 33.7 Å². The first-order valence-electron chi connectivity index (χ1n) is 11.9. The van der Waals surface area contributed by atoms with E-state index in [0.29, 0.717) is 16.8 Å². The summed E-state index contributed by atoms with van der Waals surface area (Å²) in [6, 6.07) is 28.0. The molecule has 0 aromatic heterocycles. The lowest BCUT2D eigenvalue weighted by molar-refractivity contribution is -0.113. The molecular weight excluding hydrogens is 516 g/mol. The van der Waals surface area contributed by atoms with Crippen molar-refractivity contribution in [2.75, 3.05) is 12.4 Å². The van der Waals surface area contributed by atoms with E-state index in [1.165, 1.54) is 37.5 Å². The molecule has 0 radical (unpaired) electrons. The van der Waals surface area contributed by atoms with E-state index in [4.69, 9.17) is 8.92 Å². The smallest absolute Gasteiger partial charge is 0.339 e. The van der Waals surface area contributed by atoms with Crippen molar-refractivity contribution < 1.29 is 26.9 Å². The topological polar surface area (TPSA) is 111 Å². The third-order valence-electron chi connectivity index (χ3n) is 5.57. The summed E-state index contributed by atoms with van der Waals surface area (Å²) >= 11 is 0. The minimum Gasteiger partial charge on any atom is -0.493 e. The molecule has 2 N–H and O–H groups in total. The Balaban J connectivity index is 1.64. The van der Waals surface area contributed by atoms with Crippen LogP contribution in [-0.2, 0) is 14.9 Å². The summed E-state index contributed by atoms with van der Waals surface area (Å²) in [4.78, 5) is 26.0. The van der Waals surface area contributed by atoms with Gasteiger partial charge in [0.1, 0.15) is 10.6 Å². The lowest BCUT2D eigenvalue weighted by atomic mass is 10.1. The molecule has 0 aliphatic carbocycles. The second-order valence-corrected chi connectivity index (χ2v) is 10.0. The van der Waals surface area contributed by atoms with Gasteiger partial charge in [0.15, 0.2) is 11.5 Å². The highest BCUT2D eigenvalue weighted by atomic mass is 32.2. The summed E-state index contributed by atoms with van der Waals surface area (Å²) in [6.45, 7) is 1.85. The third-order valence-corrected chi connectivity index (χ3v) is 6.82. The summed E-state index contributed by atoms with van der Waals surface area (Å²) in [5.74, 6) is -0.927. The fourth-order valence-corrected chi connectivity index (χ4v) is 4.48. The summed E-state index contributed by atoms with van der Waals surface area (Å²) in [7, 11) is -2.74. The van der Waals surface area contributed by atoms with Crippen LogP contribution in [0.25, 0.3) is 6.08 Å². The van der Waals surface area contributed by atoms with Crippen molar-refractivity contribution in [2.24, 2.45) is 0 Å². The Hall–Kier alpha value is -4.89. The van der Waals surface area contributed by atoms with Crippen LogP contribution in [0, 0.1) is 6.92 Å². The standard InChI is InChI=1S/C30H26N2O6S/c1-21-13-16-25(17-14-21)39(35,36)38-27-18-15-22(20-28(27)37-2)19-26(30(34)31-24-11-7-4-8-12-24)32-29(33)23-9-5-3-6-10-23/h3-20H,1-2H3,(H,31,34)(H,32,33)/b26-19-. The van der Waals surface area contributed by atoms with E-state index in [1.54, 1.807) is 72.8 Å². The maximum atomic E-state index is 13.1. The number of methoxy groups -OCH3 is 1. The van der Waals surface area contributed by atoms with Crippen molar-refractivity contribution in [3.63, 3.8) is 0 Å². The molecule has 0 heterocycles. The number of ether oxygens (including phenoxy) is 1. The van der Waals surface area contributed by atoms with Crippen LogP contribution in [0.5, 0.6) is 11.5 Å². The van der Waals surface area contributed by atoms with Gasteiger partial charge in [0.25, 0.3) is 11.8 Å². The Labute approximate surface area is 227 Å². The number of carbonyl (C=O) groups excluding carboxylic acids is 2. The first-order valence-corrected chi connectivity index (χ1v) is 13.3. The fourth-order valence-electron chi connectivity index (χ4n) is 3.54. The Kier molecular flexibility index (Phi) is 8.43. The molecule has 0 saturated heterocycles. The van der Waals surface area contributed by atoms with Gasteiger partial charge in [-0.1, -0.05) is 60.2 Å². The average molecular weight is 543 g/mol. The van der Waals surface area contributed by atoms with Crippen molar-refractivity contribution in [3.8, 4) is 11.5 Å². The van der Waals surface area contributed by atoms with Crippen LogP contribution in [0.4, 0.5) is 5.69 Å². The van der Waals surface area contributed by atoms with Crippen LogP contribution >= 0.6 is 0 Å². The maximum Gasteiger partial charge on any atom is 0.339 e. The average Bonchev–Trinajstić information content (AvgIpc) is 2.94. The summed E-state index contributed by atoms with van der Waals surface area (Å²) < 4.78 is 36.2. The van der Waals surface area contributed by atoms with E-state index in [0.717, 1.165) is 5.56 Å². The summed E-state index contributed by atoms with van der Waals surface area (Å²) in [5.41, 5.74) is 2.26. The Morgan fingerprint density at radius 2 is 1.44 bits per heavy atom. The maximum absolute atomic E-state index is 13.1. The fraction of sp³-hybridized carbons (Fsp3) is 0.0667. The monoisotopic (exact) mass is 542 g/mol. The SMILES string of the molecule is COc1cc(/C=C(\NC(=O)c2ccccc2)C(=O)Nc2ccccc2)ccc1OS(=O)(=O)c1ccc(C)cc1. The number of aryl methyl sites for hydroxylation is 1. The molecule has 0 saturated carbocycles. The zero-order chi connectivity index (χ0) is 27.8. The normalized spacial score (nSPS) is 11.4. The summed E-state index contributed by atoms with van der Waals surface area (Å²) in [6.07, 6.45) is 1.46. The van der Waals surface area contributed by atoms with E-state index in [-0.39, 0.29) is 22.1 Å². The second kappa shape index (κ2) is 12.1. The van der Waals surface area contributed by atoms with Gasteiger partial charge in [0.05, 0.1) is 7.11 Å². The van der Waals surface area contributed by atoms with Gasteiger partial charge in [-0.15, -0.1) is 0 Å². The minimum absolute atomic E-state index is 0.00243. The van der Waals surface area contributed by atoms with Gasteiger partial charge in [0.2, 0.25) is 0 Å². The number of carbonyl (C=O) groups is 2. The predicted octanol–water partition coefficient (Wildman–Crippen LogP) is 5.18. The Bertz CT molecular complexity index is 1600. The van der Waals surface area contributed by atoms with E-state index < -0.39 is 21.9 Å². The highest BCUT2D eigenvalue weighted by Crippen LogP contribution is 2.31. The van der Waals surface area contributed by atoms with Crippen LogP contribution in [0.3, 0.4) is 0 Å². The number of benzene rings is 4. The van der Waals surface area contributed by atoms with Gasteiger partial charge >= 0.3 is 10.1 Å². The van der Waals surface area contributed by atoms with Gasteiger partial charge in [0, 0.05) is 11.3 Å². The Morgan fingerprint density at radius 1 is 0.795 bits per heavy atom. The number of para-hydroxylation sites is 1. The van der Waals surface area contributed by atoms with Crippen LogP contribution in [-0.4, -0.2) is 27.3 Å². The zero-order valence-electron chi connectivity index (χ0n) is 21.3. The van der Waals surface area contributed by atoms with Gasteiger partial charge in [-0.05, 0) is 67.1 Å². The number of rotatable bonds is 9. The summed E-state index contributed by atoms with van der Waals surface area (Å²) in [5, 5.41) is 5.42. The molecule has 2 amide bonds. The first kappa shape index (κ1) is 27.2. The molecular formula is C30H26N2O6S. The van der Waals surface area contributed by atoms with Crippen LogP contribution < -0.4 is 19.6 Å². The molecule has 4 aromatic carbocycles. The number of nitrogens with one attached hydrogen (secondary N) is 2. The van der Waals surface area contributed by atoms with E-state index in [1.807, 2.05) is 13.0 Å². The highest BCUT2D eigenvalue weighted by molar-refractivity contribution is 7.87. The molecule has 198 valence electrons. The van der Waals surface area contributed by atoms with Crippen LogP contribution in [0.2, 0.25) is 0 Å². The first-order chi connectivity index (χ1) is 18.7. The molecule has 0 aliphatic rings. The minimum atomic E-state index is -4.11. The van der Waals surface area contributed by atoms with Gasteiger partial charge < -0.3 is 19.6 Å². The molecule has 39 heavy (non-hydrogen) atoms. The van der Waals surface area contributed by atoms with E-state index >= 15 is 0 Å². The largest absolute Gasteiger partial charge is 0.493 e. The predicted molar refractivity (Wildman–Crippen MR) is 149 cm³/mol. The van der Waals surface area contributed by atoms with E-state index in [2.05, 4.69) is 10.6 Å². The van der Waals surface area contributed by atoms with Crippen molar-refractivity contribution in [2.45, 2.75) is 11.8 Å². The highest BCUT2D eigenvalue weighted by Gasteiger charge is 2.20. The molecule has 0 fully saturated rings. The quantitative estimate of drug-likeness (QED) is 0.223. The molecule has 9 heteroatoms. The van der Waals surface area contributed by atoms with Gasteiger partial charge in [-0.2, -0.15) is 8.42 Å². The van der Waals surface area contributed by atoms with Crippen LogP contribution in [0.1, 0.15) is 21.5 Å². The molecule has 0 atom stereocenters. The molecule has 0 spiro atoms. The van der Waals surface area contributed by atoms with Crippen LogP contribution in [0.15, 0.2) is 114 Å². The number of anilines is 1. The lowest BCUT2D eigenvalue weighted by Gasteiger charge is -2.13. The van der Waals surface area contributed by atoms with Gasteiger partial charge in [-0.3, -0.25) is 9.59 Å². The molecule has 4 aromatic rings. The number of hydrogen-bond acceptors (Lipinski definition) is 6. The molecule has 8 nitrogen and oxygen atoms in total. The molecule has 0 unspecified atom stereocenters. The molecule has 0 bridgehead atoms. The second-order valence-electron chi connectivity index (χ2n) is 8.46. The Morgan fingerprint density at radius 3 is 2.08 bits per heavy atom. The van der Waals surface area contributed by atoms with E-state index in [9.17, 15) is 18.0 Å². The van der Waals surface area contributed by atoms with Crippen molar-refractivity contribution in [1.82, 2.24) is 5.32 Å². The van der Waals surface area contributed by atoms with Crippen molar-refractivity contribution in [3.05, 3.63) is 126 Å². The number of amides is 2. The molecule has 4 rings (SSSR count). The third kappa shape index (κ3) is 7.12.